The Hall–Kier alpha value is -3.61. The molecular weight excluding hydrogens is 418 g/mol. The summed E-state index contributed by atoms with van der Waals surface area (Å²) in [6.45, 7) is 2.20. The Kier molecular flexibility index (Phi) is 5.19. The molecule has 2 unspecified atom stereocenters. The number of ether oxygens (including phenoxy) is 1. The third-order valence-electron chi connectivity index (χ3n) is 6.92. The van der Waals surface area contributed by atoms with Gasteiger partial charge in [-0.2, -0.15) is 0 Å². The molecule has 1 heterocycles. The number of rotatable bonds is 7. The fourth-order valence-corrected chi connectivity index (χ4v) is 4.88. The number of fused-ring (bicyclic) bond motifs is 2. The van der Waals surface area contributed by atoms with Crippen LogP contribution in [0, 0.1) is 5.92 Å². The molecule has 2 aliphatic carbocycles. The van der Waals surface area contributed by atoms with E-state index in [-0.39, 0.29) is 18.5 Å². The number of hydrogen-bond donors (Lipinski definition) is 1. The molecule has 4 amide bonds. The fourth-order valence-electron chi connectivity index (χ4n) is 4.88. The van der Waals surface area contributed by atoms with Crippen LogP contribution in [0.4, 0.5) is 4.79 Å². The van der Waals surface area contributed by atoms with Gasteiger partial charge in [0.1, 0.15) is 12.3 Å². The molecule has 33 heavy (non-hydrogen) atoms. The standard InChI is InChI=1S/C26H27N3O4/c1-17(19-12-13-19)28(15-18-8-4-3-5-9-18)23(30)16-29-24(31)26(27-25(29)32)14-22(33-2)20-10-6-7-11-21(20)26/h3-11,14,17,19H,12-13,15-16H2,1-2H3,(H,27,32). The molecule has 1 aliphatic heterocycles. The molecule has 2 aromatic carbocycles. The van der Waals surface area contributed by atoms with Gasteiger partial charge in [-0.15, -0.1) is 0 Å². The van der Waals surface area contributed by atoms with Crippen LogP contribution in [-0.4, -0.2) is 47.3 Å². The maximum Gasteiger partial charge on any atom is 0.326 e. The molecule has 2 aromatic rings. The number of hydrogen-bond acceptors (Lipinski definition) is 4. The first-order valence-electron chi connectivity index (χ1n) is 11.3. The summed E-state index contributed by atoms with van der Waals surface area (Å²) in [4.78, 5) is 42.8. The molecule has 1 saturated carbocycles. The van der Waals surface area contributed by atoms with Crippen molar-refractivity contribution in [3.63, 3.8) is 0 Å². The summed E-state index contributed by atoms with van der Waals surface area (Å²) in [7, 11) is 1.53. The third kappa shape index (κ3) is 3.57. The van der Waals surface area contributed by atoms with E-state index in [0.29, 0.717) is 23.8 Å². The third-order valence-corrected chi connectivity index (χ3v) is 6.92. The Morgan fingerprint density at radius 1 is 1.15 bits per heavy atom. The minimum absolute atomic E-state index is 0.0413. The van der Waals surface area contributed by atoms with Gasteiger partial charge in [0, 0.05) is 23.7 Å². The molecule has 1 spiro atoms. The smallest absolute Gasteiger partial charge is 0.326 e. The Bertz CT molecular complexity index is 1140. The van der Waals surface area contributed by atoms with E-state index in [1.165, 1.54) is 7.11 Å². The predicted octanol–water partition coefficient (Wildman–Crippen LogP) is 3.26. The quantitative estimate of drug-likeness (QED) is 0.664. The van der Waals surface area contributed by atoms with Gasteiger partial charge in [-0.05, 0) is 37.3 Å². The summed E-state index contributed by atoms with van der Waals surface area (Å²) < 4.78 is 5.46. The van der Waals surface area contributed by atoms with Gasteiger partial charge in [-0.1, -0.05) is 54.6 Å². The lowest BCUT2D eigenvalue weighted by molar-refractivity contribution is -0.140. The van der Waals surface area contributed by atoms with Crippen LogP contribution in [-0.2, 0) is 26.4 Å². The highest BCUT2D eigenvalue weighted by Gasteiger charge is 2.55. The van der Waals surface area contributed by atoms with Crippen LogP contribution >= 0.6 is 0 Å². The summed E-state index contributed by atoms with van der Waals surface area (Å²) in [5.41, 5.74) is 1.09. The Morgan fingerprint density at radius 3 is 2.55 bits per heavy atom. The largest absolute Gasteiger partial charge is 0.496 e. The van der Waals surface area contributed by atoms with Crippen molar-refractivity contribution < 1.29 is 19.1 Å². The average molecular weight is 446 g/mol. The van der Waals surface area contributed by atoms with E-state index in [2.05, 4.69) is 5.32 Å². The normalized spacial score (nSPS) is 22.1. The van der Waals surface area contributed by atoms with Gasteiger partial charge in [0.05, 0.1) is 7.11 Å². The van der Waals surface area contributed by atoms with E-state index in [0.717, 1.165) is 28.9 Å². The second kappa shape index (κ2) is 8.06. The number of benzene rings is 2. The first-order valence-corrected chi connectivity index (χ1v) is 11.3. The molecule has 0 bridgehead atoms. The number of nitrogens with one attached hydrogen (secondary N) is 1. The van der Waals surface area contributed by atoms with Crippen molar-refractivity contribution in [2.75, 3.05) is 13.7 Å². The maximum absolute atomic E-state index is 13.6. The van der Waals surface area contributed by atoms with Crippen molar-refractivity contribution in [3.05, 3.63) is 77.4 Å². The zero-order valence-corrected chi connectivity index (χ0v) is 18.8. The number of imide groups is 1. The van der Waals surface area contributed by atoms with E-state index < -0.39 is 17.5 Å². The predicted molar refractivity (Wildman–Crippen MR) is 123 cm³/mol. The SMILES string of the molecule is COC1=CC2(NC(=O)N(CC(=O)N(Cc3ccccc3)C(C)C3CC3)C2=O)c2ccccc21. The second-order valence-corrected chi connectivity index (χ2v) is 8.97. The van der Waals surface area contributed by atoms with Crippen LogP contribution in [0.25, 0.3) is 5.76 Å². The Balaban J connectivity index is 1.40. The van der Waals surface area contributed by atoms with Gasteiger partial charge in [-0.3, -0.25) is 14.5 Å². The van der Waals surface area contributed by atoms with Gasteiger partial charge in [0.2, 0.25) is 5.91 Å². The van der Waals surface area contributed by atoms with Gasteiger partial charge in [-0.25, -0.2) is 4.79 Å². The van der Waals surface area contributed by atoms with Crippen LogP contribution in [0.3, 0.4) is 0 Å². The molecule has 1 N–H and O–H groups in total. The molecule has 170 valence electrons. The van der Waals surface area contributed by atoms with E-state index in [4.69, 9.17) is 4.74 Å². The lowest BCUT2D eigenvalue weighted by Crippen LogP contribution is -2.47. The van der Waals surface area contributed by atoms with Crippen LogP contribution in [0.5, 0.6) is 0 Å². The Morgan fingerprint density at radius 2 is 1.85 bits per heavy atom. The summed E-state index contributed by atoms with van der Waals surface area (Å²) >= 11 is 0. The topological polar surface area (TPSA) is 79.0 Å². The number of amides is 4. The number of methoxy groups -OCH3 is 1. The molecule has 0 radical (unpaired) electrons. The van der Waals surface area contributed by atoms with Gasteiger partial charge in [0.25, 0.3) is 5.91 Å². The molecule has 2 atom stereocenters. The van der Waals surface area contributed by atoms with E-state index in [1.807, 2.05) is 55.5 Å². The molecule has 2 fully saturated rings. The van der Waals surface area contributed by atoms with Gasteiger partial charge < -0.3 is 15.0 Å². The molecule has 7 heteroatoms. The highest BCUT2D eigenvalue weighted by molar-refractivity contribution is 6.12. The van der Waals surface area contributed by atoms with E-state index in [1.54, 1.807) is 17.0 Å². The summed E-state index contributed by atoms with van der Waals surface area (Å²) in [6, 6.07) is 16.6. The van der Waals surface area contributed by atoms with Crippen molar-refractivity contribution in [1.82, 2.24) is 15.1 Å². The van der Waals surface area contributed by atoms with E-state index in [9.17, 15) is 14.4 Å². The molecule has 5 rings (SSSR count). The molecular formula is C26H27N3O4. The maximum atomic E-state index is 13.6. The first kappa shape index (κ1) is 21.2. The summed E-state index contributed by atoms with van der Waals surface area (Å²) in [5.74, 6) is 0.293. The van der Waals surface area contributed by atoms with Crippen molar-refractivity contribution in [2.24, 2.45) is 5.92 Å². The minimum Gasteiger partial charge on any atom is -0.496 e. The van der Waals surface area contributed by atoms with Crippen LogP contribution < -0.4 is 5.32 Å². The highest BCUT2D eigenvalue weighted by Crippen LogP contribution is 2.43. The second-order valence-electron chi connectivity index (χ2n) is 8.97. The fraction of sp³-hybridized carbons (Fsp3) is 0.346. The van der Waals surface area contributed by atoms with Crippen LogP contribution in [0.1, 0.15) is 36.5 Å². The monoisotopic (exact) mass is 445 g/mol. The minimum atomic E-state index is -1.34. The molecule has 3 aliphatic rings. The highest BCUT2D eigenvalue weighted by atomic mass is 16.5. The van der Waals surface area contributed by atoms with Crippen molar-refractivity contribution in [3.8, 4) is 0 Å². The molecule has 1 saturated heterocycles. The lowest BCUT2D eigenvalue weighted by Gasteiger charge is -2.31. The van der Waals surface area contributed by atoms with Crippen molar-refractivity contribution in [2.45, 2.75) is 37.9 Å². The molecule has 0 aromatic heterocycles. The summed E-state index contributed by atoms with van der Waals surface area (Å²) in [5, 5.41) is 2.82. The van der Waals surface area contributed by atoms with Gasteiger partial charge >= 0.3 is 6.03 Å². The summed E-state index contributed by atoms with van der Waals surface area (Å²) in [6.07, 6.45) is 3.82. The Labute approximate surface area is 193 Å². The van der Waals surface area contributed by atoms with Crippen LogP contribution in [0.2, 0.25) is 0 Å². The zero-order valence-electron chi connectivity index (χ0n) is 18.8. The van der Waals surface area contributed by atoms with Crippen molar-refractivity contribution in [1.29, 1.82) is 0 Å². The number of carbonyl (C=O) groups is 3. The van der Waals surface area contributed by atoms with Crippen LogP contribution in [0.15, 0.2) is 60.7 Å². The van der Waals surface area contributed by atoms with E-state index >= 15 is 0 Å². The number of nitrogens with zero attached hydrogens (tertiary/aromatic N) is 2. The first-order chi connectivity index (χ1) is 15.9. The number of urea groups is 1. The number of carbonyl (C=O) groups excluding carboxylic acids is 3. The van der Waals surface area contributed by atoms with Crippen molar-refractivity contribution >= 4 is 23.6 Å². The average Bonchev–Trinajstić information content (AvgIpc) is 3.60. The van der Waals surface area contributed by atoms with Gasteiger partial charge in [0.15, 0.2) is 5.54 Å². The molecule has 7 nitrogen and oxygen atoms in total. The zero-order chi connectivity index (χ0) is 23.2. The lowest BCUT2D eigenvalue weighted by atomic mass is 9.92.